The molecule has 0 fully saturated rings. The molecule has 1 N–H and O–H groups in total. The lowest BCUT2D eigenvalue weighted by Gasteiger charge is -2.04. The van der Waals surface area contributed by atoms with Crippen LogP contribution in [0.15, 0.2) is 59.1 Å². The fourth-order valence-electron chi connectivity index (χ4n) is 2.33. The topological polar surface area (TPSA) is 64.4 Å². The van der Waals surface area contributed by atoms with E-state index in [-0.39, 0.29) is 5.91 Å². The monoisotopic (exact) mass is 308 g/mol. The second-order valence-corrected chi connectivity index (χ2v) is 4.93. The largest absolute Gasteiger partial charge is 0.497 e. The van der Waals surface area contributed by atoms with Crippen LogP contribution in [0.2, 0.25) is 0 Å². The van der Waals surface area contributed by atoms with Gasteiger partial charge in [0.05, 0.1) is 12.7 Å². The third-order valence-electron chi connectivity index (χ3n) is 3.56. The summed E-state index contributed by atoms with van der Waals surface area (Å²) in [5, 5.41) is 6.72. The molecule has 3 rings (SSSR count). The first-order chi connectivity index (χ1) is 11.2. The molecule has 23 heavy (non-hydrogen) atoms. The van der Waals surface area contributed by atoms with Crippen molar-refractivity contribution < 1.29 is 14.1 Å². The second kappa shape index (κ2) is 6.36. The quantitative estimate of drug-likeness (QED) is 0.802. The molecule has 0 unspecified atom stereocenters. The molecule has 0 aliphatic rings. The van der Waals surface area contributed by atoms with Gasteiger partial charge < -0.3 is 14.6 Å². The molecule has 1 aromatic heterocycles. The standard InChI is InChI=1S/C18H16N2O3/c1-19-18(21)15-6-4-3-5-14(15)17-11-16(20-23-17)12-7-9-13(22-2)10-8-12/h3-11H,1-2H3,(H,19,21). The van der Waals surface area contributed by atoms with Crippen LogP contribution < -0.4 is 10.1 Å². The highest BCUT2D eigenvalue weighted by Crippen LogP contribution is 2.29. The number of benzene rings is 2. The minimum atomic E-state index is -0.164. The van der Waals surface area contributed by atoms with Gasteiger partial charge in [-0.2, -0.15) is 0 Å². The molecule has 0 bridgehead atoms. The molecular weight excluding hydrogens is 292 g/mol. The highest BCUT2D eigenvalue weighted by molar-refractivity contribution is 6.00. The van der Waals surface area contributed by atoms with Gasteiger partial charge in [-0.15, -0.1) is 0 Å². The Labute approximate surface area is 133 Å². The average Bonchev–Trinajstić information content (AvgIpc) is 3.11. The number of nitrogens with one attached hydrogen (secondary N) is 1. The number of carbonyl (C=O) groups is 1. The number of nitrogens with zero attached hydrogens (tertiary/aromatic N) is 1. The van der Waals surface area contributed by atoms with Gasteiger partial charge in [0.25, 0.3) is 5.91 Å². The number of rotatable bonds is 4. The lowest BCUT2D eigenvalue weighted by atomic mass is 10.0. The summed E-state index contributed by atoms with van der Waals surface area (Å²) in [6, 6.07) is 16.6. The van der Waals surface area contributed by atoms with Gasteiger partial charge in [0.2, 0.25) is 0 Å². The smallest absolute Gasteiger partial charge is 0.251 e. The molecule has 3 aromatic rings. The first-order valence-corrected chi connectivity index (χ1v) is 7.15. The fraction of sp³-hybridized carbons (Fsp3) is 0.111. The summed E-state index contributed by atoms with van der Waals surface area (Å²) >= 11 is 0. The maximum Gasteiger partial charge on any atom is 0.251 e. The van der Waals surface area contributed by atoms with Crippen molar-refractivity contribution in [2.45, 2.75) is 0 Å². The number of methoxy groups -OCH3 is 1. The molecule has 0 saturated heterocycles. The van der Waals surface area contributed by atoms with Crippen LogP contribution in [0, 0.1) is 0 Å². The van der Waals surface area contributed by atoms with Gasteiger partial charge in [-0.05, 0) is 30.3 Å². The van der Waals surface area contributed by atoms with Crippen molar-refractivity contribution in [2.75, 3.05) is 14.2 Å². The average molecular weight is 308 g/mol. The molecule has 1 heterocycles. The molecule has 2 aromatic carbocycles. The van der Waals surface area contributed by atoms with Crippen LogP contribution in [0.1, 0.15) is 10.4 Å². The number of hydrogen-bond donors (Lipinski definition) is 1. The number of aromatic nitrogens is 1. The Morgan fingerprint density at radius 1 is 1.13 bits per heavy atom. The van der Waals surface area contributed by atoms with Crippen molar-refractivity contribution in [3.63, 3.8) is 0 Å². The third-order valence-corrected chi connectivity index (χ3v) is 3.56. The molecular formula is C18H16N2O3. The highest BCUT2D eigenvalue weighted by atomic mass is 16.5. The van der Waals surface area contributed by atoms with E-state index in [4.69, 9.17) is 9.26 Å². The van der Waals surface area contributed by atoms with Crippen LogP contribution in [0.25, 0.3) is 22.6 Å². The zero-order valence-corrected chi connectivity index (χ0v) is 12.9. The van der Waals surface area contributed by atoms with Gasteiger partial charge in [0, 0.05) is 24.2 Å². The molecule has 0 aliphatic carbocycles. The zero-order chi connectivity index (χ0) is 16.2. The summed E-state index contributed by atoms with van der Waals surface area (Å²) in [6.45, 7) is 0. The van der Waals surface area contributed by atoms with Crippen molar-refractivity contribution in [1.29, 1.82) is 0 Å². The maximum absolute atomic E-state index is 12.0. The van der Waals surface area contributed by atoms with Gasteiger partial charge in [-0.1, -0.05) is 23.4 Å². The van der Waals surface area contributed by atoms with E-state index in [2.05, 4.69) is 10.5 Å². The molecule has 0 saturated carbocycles. The number of carbonyl (C=O) groups excluding carboxylic acids is 1. The predicted octanol–water partition coefficient (Wildman–Crippen LogP) is 3.38. The Kier molecular flexibility index (Phi) is 4.10. The zero-order valence-electron chi connectivity index (χ0n) is 12.9. The normalized spacial score (nSPS) is 10.3. The van der Waals surface area contributed by atoms with Gasteiger partial charge in [0.1, 0.15) is 11.4 Å². The summed E-state index contributed by atoms with van der Waals surface area (Å²) < 4.78 is 10.6. The van der Waals surface area contributed by atoms with Crippen molar-refractivity contribution in [3.8, 4) is 28.3 Å². The van der Waals surface area contributed by atoms with E-state index in [0.29, 0.717) is 22.6 Å². The minimum absolute atomic E-state index is 0.164. The van der Waals surface area contributed by atoms with Gasteiger partial charge >= 0.3 is 0 Å². The molecule has 1 amide bonds. The summed E-state index contributed by atoms with van der Waals surface area (Å²) in [5.74, 6) is 1.17. The van der Waals surface area contributed by atoms with Crippen LogP contribution in [-0.4, -0.2) is 25.2 Å². The lowest BCUT2D eigenvalue weighted by molar-refractivity contribution is 0.0963. The van der Waals surface area contributed by atoms with Crippen molar-refractivity contribution >= 4 is 5.91 Å². The SMILES string of the molecule is CNC(=O)c1ccccc1-c1cc(-c2ccc(OC)cc2)no1. The molecule has 5 heteroatoms. The van der Waals surface area contributed by atoms with Gasteiger partial charge in [-0.3, -0.25) is 4.79 Å². The Balaban J connectivity index is 1.97. The molecule has 0 aliphatic heterocycles. The van der Waals surface area contributed by atoms with Crippen LogP contribution in [0.3, 0.4) is 0 Å². The van der Waals surface area contributed by atoms with E-state index in [1.807, 2.05) is 48.5 Å². The maximum atomic E-state index is 12.0. The van der Waals surface area contributed by atoms with E-state index in [9.17, 15) is 4.79 Å². The first kappa shape index (κ1) is 14.8. The first-order valence-electron chi connectivity index (χ1n) is 7.15. The number of ether oxygens (including phenoxy) is 1. The van der Waals surface area contributed by atoms with E-state index in [0.717, 1.165) is 11.3 Å². The number of hydrogen-bond acceptors (Lipinski definition) is 4. The minimum Gasteiger partial charge on any atom is -0.497 e. The fourth-order valence-corrected chi connectivity index (χ4v) is 2.33. The van der Waals surface area contributed by atoms with Crippen LogP contribution in [-0.2, 0) is 0 Å². The van der Waals surface area contributed by atoms with Gasteiger partial charge in [0.15, 0.2) is 5.76 Å². The Hall–Kier alpha value is -3.08. The summed E-state index contributed by atoms with van der Waals surface area (Å²) in [6.07, 6.45) is 0. The van der Waals surface area contributed by atoms with Gasteiger partial charge in [-0.25, -0.2) is 0 Å². The lowest BCUT2D eigenvalue weighted by Crippen LogP contribution is -2.18. The van der Waals surface area contributed by atoms with Crippen LogP contribution in [0.5, 0.6) is 5.75 Å². The van der Waals surface area contributed by atoms with E-state index in [1.54, 1.807) is 20.2 Å². The van der Waals surface area contributed by atoms with Crippen molar-refractivity contribution in [2.24, 2.45) is 0 Å². The Morgan fingerprint density at radius 2 is 1.87 bits per heavy atom. The summed E-state index contributed by atoms with van der Waals surface area (Å²) in [5.41, 5.74) is 2.87. The highest BCUT2D eigenvalue weighted by Gasteiger charge is 2.15. The predicted molar refractivity (Wildman–Crippen MR) is 87.3 cm³/mol. The molecule has 5 nitrogen and oxygen atoms in total. The van der Waals surface area contributed by atoms with E-state index >= 15 is 0 Å². The van der Waals surface area contributed by atoms with Crippen LogP contribution in [0.4, 0.5) is 0 Å². The van der Waals surface area contributed by atoms with E-state index in [1.165, 1.54) is 0 Å². The molecule has 116 valence electrons. The van der Waals surface area contributed by atoms with Crippen LogP contribution >= 0.6 is 0 Å². The third kappa shape index (κ3) is 2.94. The Bertz CT molecular complexity index is 822. The summed E-state index contributed by atoms with van der Waals surface area (Å²) in [4.78, 5) is 12.0. The van der Waals surface area contributed by atoms with Crippen molar-refractivity contribution in [3.05, 3.63) is 60.2 Å². The number of amides is 1. The summed E-state index contributed by atoms with van der Waals surface area (Å²) in [7, 11) is 3.22. The molecule has 0 atom stereocenters. The molecule has 0 spiro atoms. The molecule has 0 radical (unpaired) electrons. The Morgan fingerprint density at radius 3 is 2.57 bits per heavy atom. The van der Waals surface area contributed by atoms with Crippen molar-refractivity contribution in [1.82, 2.24) is 10.5 Å². The second-order valence-electron chi connectivity index (χ2n) is 4.93. The van der Waals surface area contributed by atoms with E-state index < -0.39 is 0 Å².